The Morgan fingerprint density at radius 2 is 1.38 bits per heavy atom. The fourth-order valence-electron chi connectivity index (χ4n) is 2.42. The Bertz CT molecular complexity index is 1240. The van der Waals surface area contributed by atoms with E-state index in [0.29, 0.717) is 10.7 Å². The molecule has 0 bridgehead atoms. The average molecular weight is 449 g/mol. The van der Waals surface area contributed by atoms with Crippen LogP contribution in [-0.4, -0.2) is 16.8 Å². The van der Waals surface area contributed by atoms with Crippen LogP contribution >= 0.6 is 11.6 Å². The van der Waals surface area contributed by atoms with Crippen molar-refractivity contribution in [3.8, 4) is 0 Å². The molecule has 3 rings (SSSR count). The van der Waals surface area contributed by atoms with Crippen LogP contribution in [0.15, 0.2) is 89.2 Å². The molecule has 0 spiro atoms. The molecule has 0 aromatic heterocycles. The molecule has 3 aromatic rings. The van der Waals surface area contributed by atoms with Gasteiger partial charge in [-0.1, -0.05) is 54.1 Å². The molecule has 3 aromatic carbocycles. The SMILES string of the molecule is O=S(=O)(/C=C/c1ccccc1)Nc1cccc(S(=O)(=O)Nc2cccc(Cl)c2)c1. The van der Waals surface area contributed by atoms with Crippen molar-refractivity contribution >= 4 is 49.1 Å². The molecule has 0 heterocycles. The molecule has 29 heavy (non-hydrogen) atoms. The summed E-state index contributed by atoms with van der Waals surface area (Å²) in [6.07, 6.45) is 1.45. The van der Waals surface area contributed by atoms with Gasteiger partial charge in [0.2, 0.25) is 0 Å². The Balaban J connectivity index is 1.79. The summed E-state index contributed by atoms with van der Waals surface area (Å²) in [5.41, 5.74) is 1.14. The second-order valence-electron chi connectivity index (χ2n) is 6.00. The van der Waals surface area contributed by atoms with E-state index in [9.17, 15) is 16.8 Å². The number of rotatable bonds is 7. The molecule has 0 atom stereocenters. The first-order valence-electron chi connectivity index (χ1n) is 8.38. The van der Waals surface area contributed by atoms with Crippen LogP contribution in [0.1, 0.15) is 5.56 Å². The second-order valence-corrected chi connectivity index (χ2v) is 9.69. The lowest BCUT2D eigenvalue weighted by molar-refractivity contribution is 0.600. The fraction of sp³-hybridized carbons (Fsp3) is 0. The topological polar surface area (TPSA) is 92.3 Å². The van der Waals surface area contributed by atoms with Crippen LogP contribution < -0.4 is 9.44 Å². The van der Waals surface area contributed by atoms with Crippen molar-refractivity contribution in [3.05, 3.63) is 94.9 Å². The van der Waals surface area contributed by atoms with Crippen molar-refractivity contribution in [2.45, 2.75) is 4.90 Å². The van der Waals surface area contributed by atoms with E-state index in [4.69, 9.17) is 11.6 Å². The van der Waals surface area contributed by atoms with Crippen LogP contribution in [-0.2, 0) is 20.0 Å². The minimum atomic E-state index is -3.92. The third-order valence-electron chi connectivity index (χ3n) is 3.72. The molecule has 0 radical (unpaired) electrons. The minimum absolute atomic E-state index is 0.0929. The lowest BCUT2D eigenvalue weighted by Gasteiger charge is -2.10. The van der Waals surface area contributed by atoms with Gasteiger partial charge in [0, 0.05) is 5.02 Å². The smallest absolute Gasteiger partial charge is 0.261 e. The zero-order chi connectivity index (χ0) is 20.9. The van der Waals surface area contributed by atoms with Crippen LogP contribution in [0.4, 0.5) is 11.4 Å². The molecule has 0 aliphatic carbocycles. The van der Waals surface area contributed by atoms with Gasteiger partial charge in [-0.2, -0.15) is 0 Å². The average Bonchev–Trinajstić information content (AvgIpc) is 2.67. The van der Waals surface area contributed by atoms with Gasteiger partial charge < -0.3 is 0 Å². The molecule has 0 saturated heterocycles. The molecule has 0 amide bonds. The normalized spacial score (nSPS) is 12.0. The fourth-order valence-corrected chi connectivity index (χ4v) is 4.57. The zero-order valence-corrected chi connectivity index (χ0v) is 17.4. The molecule has 6 nitrogen and oxygen atoms in total. The van der Waals surface area contributed by atoms with E-state index >= 15 is 0 Å². The highest BCUT2D eigenvalue weighted by Crippen LogP contribution is 2.22. The summed E-state index contributed by atoms with van der Waals surface area (Å²) >= 11 is 5.87. The van der Waals surface area contributed by atoms with Crippen molar-refractivity contribution in [2.24, 2.45) is 0 Å². The highest BCUT2D eigenvalue weighted by Gasteiger charge is 2.16. The Kier molecular flexibility index (Phi) is 6.26. The van der Waals surface area contributed by atoms with Gasteiger partial charge in [-0.05, 0) is 48.0 Å². The van der Waals surface area contributed by atoms with E-state index in [1.54, 1.807) is 42.5 Å². The minimum Gasteiger partial charge on any atom is -0.280 e. The summed E-state index contributed by atoms with van der Waals surface area (Å²) < 4.78 is 54.5. The van der Waals surface area contributed by atoms with Gasteiger partial charge in [0.1, 0.15) is 0 Å². The largest absolute Gasteiger partial charge is 0.280 e. The van der Waals surface area contributed by atoms with Gasteiger partial charge >= 0.3 is 0 Å². The summed E-state index contributed by atoms with van der Waals surface area (Å²) in [5.74, 6) is 0. The van der Waals surface area contributed by atoms with Gasteiger partial charge in [-0.15, -0.1) is 0 Å². The predicted molar refractivity (Wildman–Crippen MR) is 117 cm³/mol. The van der Waals surface area contributed by atoms with Crippen LogP contribution in [0.2, 0.25) is 5.02 Å². The standard InChI is InChI=1S/C20H17ClN2O4S2/c21-17-8-4-9-18(14-17)23-29(26,27)20-11-5-10-19(15-20)22-28(24,25)13-12-16-6-2-1-3-7-16/h1-15,22-23H/b13-12+. The number of nitrogens with one attached hydrogen (secondary N) is 2. The lowest BCUT2D eigenvalue weighted by atomic mass is 10.2. The molecule has 0 fully saturated rings. The molecular weight excluding hydrogens is 432 g/mol. The lowest BCUT2D eigenvalue weighted by Crippen LogP contribution is -2.14. The van der Waals surface area contributed by atoms with Crippen LogP contribution in [0.25, 0.3) is 6.08 Å². The maximum Gasteiger partial charge on any atom is 0.261 e. The molecule has 0 aliphatic heterocycles. The van der Waals surface area contributed by atoms with Gasteiger partial charge in [-0.3, -0.25) is 9.44 Å². The highest BCUT2D eigenvalue weighted by molar-refractivity contribution is 7.95. The molecular formula is C20H17ClN2O4S2. The molecule has 0 unspecified atom stereocenters. The van der Waals surface area contributed by atoms with E-state index < -0.39 is 20.0 Å². The Morgan fingerprint density at radius 3 is 2.07 bits per heavy atom. The van der Waals surface area contributed by atoms with E-state index in [1.807, 2.05) is 6.07 Å². The van der Waals surface area contributed by atoms with E-state index in [-0.39, 0.29) is 10.6 Å². The van der Waals surface area contributed by atoms with Crippen LogP contribution in [0.5, 0.6) is 0 Å². The van der Waals surface area contributed by atoms with Gasteiger partial charge in [-0.25, -0.2) is 16.8 Å². The predicted octanol–water partition coefficient (Wildman–Crippen LogP) is 4.55. The molecule has 0 aliphatic rings. The third kappa shape index (κ3) is 6.08. The number of benzene rings is 3. The van der Waals surface area contributed by atoms with Crippen molar-refractivity contribution in [2.75, 3.05) is 9.44 Å². The van der Waals surface area contributed by atoms with Gasteiger partial charge in [0.25, 0.3) is 20.0 Å². The number of hydrogen-bond donors (Lipinski definition) is 2. The van der Waals surface area contributed by atoms with E-state index in [1.165, 1.54) is 36.4 Å². The van der Waals surface area contributed by atoms with Crippen LogP contribution in [0, 0.1) is 0 Å². The first-order chi connectivity index (χ1) is 13.7. The first-order valence-corrected chi connectivity index (χ1v) is 11.8. The van der Waals surface area contributed by atoms with Crippen molar-refractivity contribution in [1.29, 1.82) is 0 Å². The summed E-state index contributed by atoms with van der Waals surface area (Å²) in [6.45, 7) is 0. The maximum atomic E-state index is 12.6. The van der Waals surface area contributed by atoms with E-state index in [2.05, 4.69) is 9.44 Å². The van der Waals surface area contributed by atoms with Gasteiger partial charge in [0.15, 0.2) is 0 Å². The van der Waals surface area contributed by atoms with Gasteiger partial charge in [0.05, 0.1) is 21.7 Å². The Morgan fingerprint density at radius 1 is 0.724 bits per heavy atom. The summed E-state index contributed by atoms with van der Waals surface area (Å²) in [5, 5.41) is 1.41. The zero-order valence-electron chi connectivity index (χ0n) is 15.0. The summed E-state index contributed by atoms with van der Waals surface area (Å²) in [6, 6.07) is 20.7. The summed E-state index contributed by atoms with van der Waals surface area (Å²) in [7, 11) is -7.75. The van der Waals surface area contributed by atoms with Crippen molar-refractivity contribution in [3.63, 3.8) is 0 Å². The monoisotopic (exact) mass is 448 g/mol. The van der Waals surface area contributed by atoms with Crippen LogP contribution in [0.3, 0.4) is 0 Å². The quantitative estimate of drug-likeness (QED) is 0.554. The van der Waals surface area contributed by atoms with E-state index in [0.717, 1.165) is 11.0 Å². The molecule has 150 valence electrons. The first kappa shape index (κ1) is 20.9. The highest BCUT2D eigenvalue weighted by atomic mass is 35.5. The Labute approximate surface area is 175 Å². The Hall–Kier alpha value is -2.81. The van der Waals surface area contributed by atoms with Crippen molar-refractivity contribution < 1.29 is 16.8 Å². The second kappa shape index (κ2) is 8.69. The van der Waals surface area contributed by atoms with Crippen molar-refractivity contribution in [1.82, 2.24) is 0 Å². The summed E-state index contributed by atoms with van der Waals surface area (Å²) in [4.78, 5) is -0.0929. The maximum absolute atomic E-state index is 12.6. The number of sulfonamides is 2. The number of anilines is 2. The number of halogens is 1. The number of hydrogen-bond acceptors (Lipinski definition) is 4. The molecule has 0 saturated carbocycles. The molecule has 2 N–H and O–H groups in total. The molecule has 9 heteroatoms. The third-order valence-corrected chi connectivity index (χ3v) is 6.35.